The van der Waals surface area contributed by atoms with E-state index in [2.05, 4.69) is 25.0 Å². The first-order valence-electron chi connectivity index (χ1n) is 12.0. The lowest BCUT2D eigenvalue weighted by atomic mass is 10.1. The zero-order chi connectivity index (χ0) is 25.3. The largest absolute Gasteiger partial charge is 0.496 e. The summed E-state index contributed by atoms with van der Waals surface area (Å²) in [6.07, 6.45) is 1.38. The lowest BCUT2D eigenvalue weighted by Gasteiger charge is -2.23. The standard InChI is InChI=1S/C26H33N5O5/c1-33-20-15-22(34-2)21(23(16-20)35-3)17-30-12-10-25-29-28-24(31(25)14-13-30)9-11-27-26(32)18-36-19-7-5-4-6-8-19/h4-8,15-16H,9-14,17-18H2,1-3H3,(H,27,32). The molecule has 1 amide bonds. The van der Waals surface area contributed by atoms with Crippen molar-refractivity contribution in [2.45, 2.75) is 25.9 Å². The normalized spacial score (nSPS) is 13.4. The lowest BCUT2D eigenvalue weighted by Crippen LogP contribution is -2.31. The van der Waals surface area contributed by atoms with Gasteiger partial charge in [0.25, 0.3) is 5.91 Å². The predicted octanol–water partition coefficient (Wildman–Crippen LogP) is 2.10. The number of aromatic nitrogens is 3. The van der Waals surface area contributed by atoms with E-state index in [1.54, 1.807) is 21.3 Å². The second-order valence-electron chi connectivity index (χ2n) is 8.42. The van der Waals surface area contributed by atoms with Gasteiger partial charge in [0, 0.05) is 57.7 Å². The number of hydrogen-bond donors (Lipinski definition) is 1. The van der Waals surface area contributed by atoms with Gasteiger partial charge in [-0.15, -0.1) is 10.2 Å². The Balaban J connectivity index is 1.31. The number of para-hydroxylation sites is 1. The lowest BCUT2D eigenvalue weighted by molar-refractivity contribution is -0.123. The maximum atomic E-state index is 12.1. The molecule has 36 heavy (non-hydrogen) atoms. The van der Waals surface area contributed by atoms with Crippen molar-refractivity contribution in [2.75, 3.05) is 47.6 Å². The van der Waals surface area contributed by atoms with Crippen molar-refractivity contribution >= 4 is 5.91 Å². The Morgan fingerprint density at radius 1 is 0.944 bits per heavy atom. The summed E-state index contributed by atoms with van der Waals surface area (Å²) in [4.78, 5) is 14.5. The molecule has 10 nitrogen and oxygen atoms in total. The van der Waals surface area contributed by atoms with Crippen LogP contribution in [0.5, 0.6) is 23.0 Å². The van der Waals surface area contributed by atoms with Crippen molar-refractivity contribution in [1.82, 2.24) is 25.0 Å². The molecule has 192 valence electrons. The van der Waals surface area contributed by atoms with Gasteiger partial charge in [-0.1, -0.05) is 18.2 Å². The maximum Gasteiger partial charge on any atom is 0.257 e. The van der Waals surface area contributed by atoms with Crippen molar-refractivity contribution < 1.29 is 23.7 Å². The molecule has 1 aliphatic rings. The molecule has 0 saturated heterocycles. The van der Waals surface area contributed by atoms with Gasteiger partial charge in [-0.3, -0.25) is 9.69 Å². The van der Waals surface area contributed by atoms with Gasteiger partial charge < -0.3 is 28.8 Å². The summed E-state index contributed by atoms with van der Waals surface area (Å²) in [5, 5.41) is 11.7. The molecule has 1 aromatic heterocycles. The first kappa shape index (κ1) is 25.3. The van der Waals surface area contributed by atoms with Crippen molar-refractivity contribution in [3.05, 3.63) is 59.7 Å². The van der Waals surface area contributed by atoms with Gasteiger partial charge >= 0.3 is 0 Å². The van der Waals surface area contributed by atoms with Crippen LogP contribution in [0.25, 0.3) is 0 Å². The average Bonchev–Trinajstić information content (AvgIpc) is 3.19. The highest BCUT2D eigenvalue weighted by atomic mass is 16.5. The number of ether oxygens (including phenoxy) is 4. The minimum atomic E-state index is -0.164. The number of nitrogens with one attached hydrogen (secondary N) is 1. The maximum absolute atomic E-state index is 12.1. The zero-order valence-electron chi connectivity index (χ0n) is 21.0. The number of amides is 1. The number of methoxy groups -OCH3 is 3. The molecule has 0 bridgehead atoms. The summed E-state index contributed by atoms with van der Waals surface area (Å²) in [5.41, 5.74) is 0.985. The number of carbonyl (C=O) groups excluding carboxylic acids is 1. The fraction of sp³-hybridized carbons (Fsp3) is 0.423. The molecule has 0 fully saturated rings. The van der Waals surface area contributed by atoms with Crippen molar-refractivity contribution in [1.29, 1.82) is 0 Å². The first-order chi connectivity index (χ1) is 17.6. The smallest absolute Gasteiger partial charge is 0.257 e. The first-order valence-corrected chi connectivity index (χ1v) is 12.0. The topological polar surface area (TPSA) is 100.0 Å². The van der Waals surface area contributed by atoms with E-state index in [1.807, 2.05) is 42.5 Å². The van der Waals surface area contributed by atoms with Crippen LogP contribution in [0, 0.1) is 0 Å². The number of fused-ring (bicyclic) bond motifs is 1. The van der Waals surface area contributed by atoms with Gasteiger partial charge in [0.15, 0.2) is 6.61 Å². The third-order valence-corrected chi connectivity index (χ3v) is 6.18. The molecule has 3 aromatic rings. The molecule has 0 unspecified atom stereocenters. The van der Waals surface area contributed by atoms with Gasteiger partial charge in [0.05, 0.1) is 26.9 Å². The monoisotopic (exact) mass is 495 g/mol. The molecule has 2 heterocycles. The molecule has 10 heteroatoms. The van der Waals surface area contributed by atoms with E-state index in [0.717, 1.165) is 54.8 Å². The van der Waals surface area contributed by atoms with Crippen LogP contribution < -0.4 is 24.3 Å². The fourth-order valence-corrected chi connectivity index (χ4v) is 4.26. The number of benzene rings is 2. The Labute approximate surface area is 211 Å². The van der Waals surface area contributed by atoms with E-state index in [0.29, 0.717) is 31.0 Å². The van der Waals surface area contributed by atoms with Gasteiger partial charge in [-0.25, -0.2) is 0 Å². The third-order valence-electron chi connectivity index (χ3n) is 6.18. The second kappa shape index (κ2) is 12.3. The van der Waals surface area contributed by atoms with E-state index in [-0.39, 0.29) is 12.5 Å². The van der Waals surface area contributed by atoms with E-state index in [9.17, 15) is 4.79 Å². The third kappa shape index (κ3) is 6.25. The van der Waals surface area contributed by atoms with Crippen LogP contribution in [-0.2, 0) is 30.7 Å². The molecular formula is C26H33N5O5. The Morgan fingerprint density at radius 3 is 2.39 bits per heavy atom. The van der Waals surface area contributed by atoms with Crippen molar-refractivity contribution in [3.63, 3.8) is 0 Å². The van der Waals surface area contributed by atoms with Gasteiger partial charge in [-0.2, -0.15) is 0 Å². The zero-order valence-corrected chi connectivity index (χ0v) is 21.0. The molecule has 1 N–H and O–H groups in total. The Kier molecular flexibility index (Phi) is 8.62. The van der Waals surface area contributed by atoms with Crippen LogP contribution >= 0.6 is 0 Å². The van der Waals surface area contributed by atoms with E-state index in [1.165, 1.54) is 0 Å². The van der Waals surface area contributed by atoms with E-state index >= 15 is 0 Å². The summed E-state index contributed by atoms with van der Waals surface area (Å²) in [5.74, 6) is 4.51. The Hall–Kier alpha value is -3.79. The van der Waals surface area contributed by atoms with Crippen LogP contribution in [0.15, 0.2) is 42.5 Å². The average molecular weight is 496 g/mol. The number of hydrogen-bond acceptors (Lipinski definition) is 8. The second-order valence-corrected chi connectivity index (χ2v) is 8.42. The molecule has 0 radical (unpaired) electrons. The molecule has 0 atom stereocenters. The van der Waals surface area contributed by atoms with Gasteiger partial charge in [0.1, 0.15) is 34.6 Å². The van der Waals surface area contributed by atoms with Crippen LogP contribution in [0.4, 0.5) is 0 Å². The van der Waals surface area contributed by atoms with Crippen LogP contribution in [-0.4, -0.2) is 73.1 Å². The summed E-state index contributed by atoms with van der Waals surface area (Å²) < 4.78 is 24.3. The molecule has 1 aliphatic heterocycles. The number of nitrogens with zero attached hydrogens (tertiary/aromatic N) is 4. The molecule has 0 spiro atoms. The molecule has 4 rings (SSSR count). The molecule has 0 saturated carbocycles. The number of rotatable bonds is 11. The summed E-state index contributed by atoms with van der Waals surface area (Å²) in [6, 6.07) is 13.0. The number of carbonyl (C=O) groups is 1. The molecule has 0 aliphatic carbocycles. The van der Waals surface area contributed by atoms with Crippen LogP contribution in [0.3, 0.4) is 0 Å². The fourth-order valence-electron chi connectivity index (χ4n) is 4.26. The van der Waals surface area contributed by atoms with Crippen molar-refractivity contribution in [2.24, 2.45) is 0 Å². The van der Waals surface area contributed by atoms with Crippen molar-refractivity contribution in [3.8, 4) is 23.0 Å². The molecular weight excluding hydrogens is 462 g/mol. The highest BCUT2D eigenvalue weighted by molar-refractivity contribution is 5.77. The quantitative estimate of drug-likeness (QED) is 0.432. The van der Waals surface area contributed by atoms with E-state index in [4.69, 9.17) is 18.9 Å². The highest BCUT2D eigenvalue weighted by Crippen LogP contribution is 2.35. The van der Waals surface area contributed by atoms with Crippen LogP contribution in [0.2, 0.25) is 0 Å². The van der Waals surface area contributed by atoms with Crippen LogP contribution in [0.1, 0.15) is 17.2 Å². The summed E-state index contributed by atoms with van der Waals surface area (Å²) in [6.45, 7) is 3.57. The minimum absolute atomic E-state index is 0.0187. The van der Waals surface area contributed by atoms with E-state index < -0.39 is 0 Å². The van der Waals surface area contributed by atoms with Gasteiger partial charge in [0.2, 0.25) is 0 Å². The summed E-state index contributed by atoms with van der Waals surface area (Å²) in [7, 11) is 4.93. The van der Waals surface area contributed by atoms with Gasteiger partial charge in [-0.05, 0) is 12.1 Å². The molecule has 2 aromatic carbocycles. The predicted molar refractivity (Wildman–Crippen MR) is 134 cm³/mol. The highest BCUT2D eigenvalue weighted by Gasteiger charge is 2.22. The summed E-state index contributed by atoms with van der Waals surface area (Å²) >= 11 is 0. The Bertz CT molecular complexity index is 1130. The Morgan fingerprint density at radius 2 is 1.69 bits per heavy atom. The SMILES string of the molecule is COc1cc(OC)c(CN2CCc3nnc(CCNC(=O)COc4ccccc4)n3CC2)c(OC)c1. The minimum Gasteiger partial charge on any atom is -0.496 e.